The molecular formula is C18H25N5O3. The predicted molar refractivity (Wildman–Crippen MR) is 98.5 cm³/mol. The van der Waals surface area contributed by atoms with Crippen molar-refractivity contribution >= 4 is 23.5 Å². The summed E-state index contributed by atoms with van der Waals surface area (Å²) in [6.45, 7) is 3.78. The zero-order valence-corrected chi connectivity index (χ0v) is 15.5. The lowest BCUT2D eigenvalue weighted by atomic mass is 10.0. The van der Waals surface area contributed by atoms with Gasteiger partial charge in [0.2, 0.25) is 5.91 Å². The molecule has 0 radical (unpaired) electrons. The number of carbonyl (C=O) groups excluding carboxylic acids is 3. The Labute approximate surface area is 153 Å². The van der Waals surface area contributed by atoms with Gasteiger partial charge in [-0.25, -0.2) is 4.79 Å². The fourth-order valence-electron chi connectivity index (χ4n) is 2.13. The monoisotopic (exact) mass is 359 g/mol. The van der Waals surface area contributed by atoms with E-state index in [0.717, 1.165) is 0 Å². The highest BCUT2D eigenvalue weighted by Crippen LogP contribution is 2.11. The lowest BCUT2D eigenvalue weighted by molar-refractivity contribution is -0.123. The standard InChI is InChI=1S/C18H25N5O3/c1-12(2)11-15(17(25)20-10-9-19)22-16(24)13-5-7-14(8-6-13)21-18(26)23(3)4/h5-8,12,15H,10-11H2,1-4H3,(H,20,25)(H,21,26)(H,22,24). The van der Waals surface area contributed by atoms with Crippen molar-refractivity contribution in [1.82, 2.24) is 15.5 Å². The van der Waals surface area contributed by atoms with Gasteiger partial charge in [-0.1, -0.05) is 13.8 Å². The molecule has 26 heavy (non-hydrogen) atoms. The Hall–Kier alpha value is -3.08. The van der Waals surface area contributed by atoms with Gasteiger partial charge in [-0.15, -0.1) is 0 Å². The Balaban J connectivity index is 2.77. The van der Waals surface area contributed by atoms with E-state index in [2.05, 4.69) is 16.0 Å². The number of urea groups is 1. The summed E-state index contributed by atoms with van der Waals surface area (Å²) in [7, 11) is 3.26. The zero-order chi connectivity index (χ0) is 19.7. The molecular weight excluding hydrogens is 334 g/mol. The van der Waals surface area contributed by atoms with Crippen molar-refractivity contribution in [3.63, 3.8) is 0 Å². The first-order valence-electron chi connectivity index (χ1n) is 8.28. The highest BCUT2D eigenvalue weighted by atomic mass is 16.2. The van der Waals surface area contributed by atoms with Crippen LogP contribution in [0.15, 0.2) is 24.3 Å². The van der Waals surface area contributed by atoms with Crippen LogP contribution in [-0.2, 0) is 4.79 Å². The Kier molecular flexibility index (Phi) is 8.09. The first kappa shape index (κ1) is 21.0. The second-order valence-electron chi connectivity index (χ2n) is 6.43. The van der Waals surface area contributed by atoms with Crippen LogP contribution in [0.2, 0.25) is 0 Å². The minimum absolute atomic E-state index is 0.108. The van der Waals surface area contributed by atoms with Crippen molar-refractivity contribution in [2.24, 2.45) is 5.92 Å². The highest BCUT2D eigenvalue weighted by Gasteiger charge is 2.22. The Bertz CT molecular complexity index is 677. The van der Waals surface area contributed by atoms with E-state index in [1.165, 1.54) is 4.90 Å². The Morgan fingerprint density at radius 2 is 1.77 bits per heavy atom. The second kappa shape index (κ2) is 10.0. The van der Waals surface area contributed by atoms with Gasteiger partial charge in [-0.3, -0.25) is 9.59 Å². The third kappa shape index (κ3) is 6.81. The summed E-state index contributed by atoms with van der Waals surface area (Å²) >= 11 is 0. The van der Waals surface area contributed by atoms with Crippen LogP contribution < -0.4 is 16.0 Å². The van der Waals surface area contributed by atoms with Crippen molar-refractivity contribution in [2.75, 3.05) is 26.0 Å². The summed E-state index contributed by atoms with van der Waals surface area (Å²) in [5, 5.41) is 16.4. The number of anilines is 1. The minimum Gasteiger partial charge on any atom is -0.341 e. The van der Waals surface area contributed by atoms with Gasteiger partial charge in [0, 0.05) is 25.3 Å². The first-order chi connectivity index (χ1) is 12.2. The Morgan fingerprint density at radius 3 is 2.27 bits per heavy atom. The highest BCUT2D eigenvalue weighted by molar-refractivity contribution is 5.98. The Morgan fingerprint density at radius 1 is 1.15 bits per heavy atom. The number of nitriles is 1. The molecule has 1 aromatic carbocycles. The first-order valence-corrected chi connectivity index (χ1v) is 8.28. The number of nitrogens with one attached hydrogen (secondary N) is 3. The van der Waals surface area contributed by atoms with E-state index in [0.29, 0.717) is 17.7 Å². The number of benzene rings is 1. The molecule has 0 aliphatic rings. The van der Waals surface area contributed by atoms with Gasteiger partial charge >= 0.3 is 6.03 Å². The number of nitrogens with zero attached hydrogens (tertiary/aromatic N) is 2. The van der Waals surface area contributed by atoms with Crippen LogP contribution >= 0.6 is 0 Å². The molecule has 1 rings (SSSR count). The van der Waals surface area contributed by atoms with Crippen molar-refractivity contribution in [2.45, 2.75) is 26.3 Å². The molecule has 0 saturated heterocycles. The van der Waals surface area contributed by atoms with E-state index in [-0.39, 0.29) is 24.4 Å². The average molecular weight is 359 g/mol. The molecule has 0 heterocycles. The molecule has 0 aliphatic heterocycles. The fraction of sp³-hybridized carbons (Fsp3) is 0.444. The molecule has 0 fully saturated rings. The maximum atomic E-state index is 12.4. The topological polar surface area (TPSA) is 114 Å². The van der Waals surface area contributed by atoms with Gasteiger partial charge in [-0.05, 0) is 36.6 Å². The summed E-state index contributed by atoms with van der Waals surface area (Å²) < 4.78 is 0. The van der Waals surface area contributed by atoms with E-state index in [1.54, 1.807) is 38.4 Å². The number of carbonyl (C=O) groups is 3. The molecule has 0 spiro atoms. The van der Waals surface area contributed by atoms with E-state index in [9.17, 15) is 14.4 Å². The van der Waals surface area contributed by atoms with Gasteiger partial charge in [0.25, 0.3) is 5.91 Å². The molecule has 3 N–H and O–H groups in total. The van der Waals surface area contributed by atoms with E-state index >= 15 is 0 Å². The molecule has 8 heteroatoms. The summed E-state index contributed by atoms with van der Waals surface area (Å²) in [5.41, 5.74) is 0.931. The van der Waals surface area contributed by atoms with Gasteiger partial charge in [0.05, 0.1) is 6.07 Å². The van der Waals surface area contributed by atoms with Crippen LogP contribution in [0, 0.1) is 17.2 Å². The quantitative estimate of drug-likeness (QED) is 0.641. The molecule has 0 aromatic heterocycles. The van der Waals surface area contributed by atoms with Crippen LogP contribution in [0.3, 0.4) is 0 Å². The van der Waals surface area contributed by atoms with Crippen molar-refractivity contribution in [1.29, 1.82) is 5.26 Å². The van der Waals surface area contributed by atoms with Gasteiger partial charge in [0.15, 0.2) is 0 Å². The molecule has 8 nitrogen and oxygen atoms in total. The van der Waals surface area contributed by atoms with Crippen LogP contribution in [-0.4, -0.2) is 49.4 Å². The van der Waals surface area contributed by atoms with Crippen LogP contribution in [0.25, 0.3) is 0 Å². The number of hydrogen-bond donors (Lipinski definition) is 3. The molecule has 0 saturated carbocycles. The third-order valence-corrected chi connectivity index (χ3v) is 3.48. The summed E-state index contributed by atoms with van der Waals surface area (Å²) in [4.78, 5) is 37.5. The van der Waals surface area contributed by atoms with E-state index in [1.807, 2.05) is 19.9 Å². The van der Waals surface area contributed by atoms with Crippen molar-refractivity contribution in [3.8, 4) is 6.07 Å². The fourth-order valence-corrected chi connectivity index (χ4v) is 2.13. The minimum atomic E-state index is -0.719. The summed E-state index contributed by atoms with van der Waals surface area (Å²) in [6.07, 6.45) is 0.458. The van der Waals surface area contributed by atoms with Crippen LogP contribution in [0.4, 0.5) is 10.5 Å². The summed E-state index contributed by atoms with van der Waals surface area (Å²) in [6, 6.07) is 7.22. The average Bonchev–Trinajstić information content (AvgIpc) is 2.59. The molecule has 4 amide bonds. The molecule has 1 aromatic rings. The second-order valence-corrected chi connectivity index (χ2v) is 6.43. The number of amides is 4. The van der Waals surface area contributed by atoms with Gasteiger partial charge in [0.1, 0.15) is 12.6 Å². The van der Waals surface area contributed by atoms with Crippen LogP contribution in [0.1, 0.15) is 30.6 Å². The smallest absolute Gasteiger partial charge is 0.321 e. The molecule has 1 unspecified atom stereocenters. The lowest BCUT2D eigenvalue weighted by Crippen LogP contribution is -2.47. The van der Waals surface area contributed by atoms with Crippen molar-refractivity contribution in [3.05, 3.63) is 29.8 Å². The lowest BCUT2D eigenvalue weighted by Gasteiger charge is -2.19. The predicted octanol–water partition coefficient (Wildman–Crippen LogP) is 1.56. The molecule has 140 valence electrons. The van der Waals surface area contributed by atoms with E-state index in [4.69, 9.17) is 5.26 Å². The molecule has 0 aliphatic carbocycles. The van der Waals surface area contributed by atoms with Crippen LogP contribution in [0.5, 0.6) is 0 Å². The zero-order valence-electron chi connectivity index (χ0n) is 15.5. The summed E-state index contributed by atoms with van der Waals surface area (Å²) in [5.74, 6) is -0.589. The maximum Gasteiger partial charge on any atom is 0.321 e. The molecule has 0 bridgehead atoms. The van der Waals surface area contributed by atoms with Crippen molar-refractivity contribution < 1.29 is 14.4 Å². The third-order valence-electron chi connectivity index (χ3n) is 3.48. The normalized spacial score (nSPS) is 11.2. The SMILES string of the molecule is CC(C)CC(NC(=O)c1ccc(NC(=O)N(C)C)cc1)C(=O)NCC#N. The van der Waals surface area contributed by atoms with Gasteiger partial charge < -0.3 is 20.9 Å². The number of hydrogen-bond acceptors (Lipinski definition) is 4. The largest absolute Gasteiger partial charge is 0.341 e. The number of rotatable bonds is 7. The van der Waals surface area contributed by atoms with Gasteiger partial charge in [-0.2, -0.15) is 5.26 Å². The maximum absolute atomic E-state index is 12.4. The van der Waals surface area contributed by atoms with E-state index < -0.39 is 11.9 Å². The molecule has 1 atom stereocenters.